The van der Waals surface area contributed by atoms with Gasteiger partial charge in [0.15, 0.2) is 4.90 Å². The molecule has 116 valence electrons. The fourth-order valence-electron chi connectivity index (χ4n) is 2.63. The highest BCUT2D eigenvalue weighted by Crippen LogP contribution is 2.31. The van der Waals surface area contributed by atoms with E-state index in [0.29, 0.717) is 6.54 Å². The molecule has 2 N–H and O–H groups in total. The molecule has 1 aliphatic heterocycles. The number of rotatable bonds is 3. The minimum atomic E-state index is -3.89. The number of benzene rings is 1. The van der Waals surface area contributed by atoms with E-state index in [4.69, 9.17) is 5.73 Å². The molecular weight excluding hydrogens is 294 g/mol. The number of hydrogen-bond acceptors (Lipinski definition) is 5. The third-order valence-corrected chi connectivity index (χ3v) is 5.82. The second kappa shape index (κ2) is 5.98. The molecule has 1 aromatic rings. The molecule has 0 aliphatic carbocycles. The van der Waals surface area contributed by atoms with E-state index in [0.717, 1.165) is 31.7 Å². The van der Waals surface area contributed by atoms with Gasteiger partial charge in [-0.2, -0.15) is 4.31 Å². The van der Waals surface area contributed by atoms with Crippen LogP contribution in [0.25, 0.3) is 0 Å². The van der Waals surface area contributed by atoms with E-state index in [9.17, 15) is 18.5 Å². The summed E-state index contributed by atoms with van der Waals surface area (Å²) in [5.41, 5.74) is 5.23. The van der Waals surface area contributed by atoms with E-state index in [2.05, 4.69) is 0 Å². The number of nitro benzene ring substituents is 1. The minimum Gasteiger partial charge on any atom is -0.399 e. The average Bonchev–Trinajstić information content (AvgIpc) is 2.63. The first-order chi connectivity index (χ1) is 9.84. The zero-order chi connectivity index (χ0) is 15.6. The van der Waals surface area contributed by atoms with Gasteiger partial charge >= 0.3 is 0 Å². The van der Waals surface area contributed by atoms with Crippen molar-refractivity contribution >= 4 is 21.4 Å². The molecule has 0 amide bonds. The molecule has 0 bridgehead atoms. The van der Waals surface area contributed by atoms with Gasteiger partial charge in [-0.3, -0.25) is 10.1 Å². The lowest BCUT2D eigenvalue weighted by Crippen LogP contribution is -2.38. The summed E-state index contributed by atoms with van der Waals surface area (Å²) in [6.07, 6.45) is 3.48. The molecule has 0 aromatic heterocycles. The zero-order valence-corrected chi connectivity index (χ0v) is 12.7. The summed E-state index contributed by atoms with van der Waals surface area (Å²) in [6, 6.07) is 3.53. The first-order valence-electron chi connectivity index (χ1n) is 6.90. The Kier molecular flexibility index (Phi) is 4.48. The summed E-state index contributed by atoms with van der Waals surface area (Å²) < 4.78 is 26.9. The van der Waals surface area contributed by atoms with Crippen molar-refractivity contribution in [2.75, 3.05) is 12.3 Å². The molecule has 1 aromatic carbocycles. The third-order valence-electron chi connectivity index (χ3n) is 3.76. The van der Waals surface area contributed by atoms with E-state index >= 15 is 0 Å². The van der Waals surface area contributed by atoms with Crippen LogP contribution in [-0.4, -0.2) is 30.2 Å². The lowest BCUT2D eigenvalue weighted by Gasteiger charge is -2.26. The van der Waals surface area contributed by atoms with Crippen molar-refractivity contribution in [3.05, 3.63) is 28.3 Å². The molecule has 1 fully saturated rings. The topological polar surface area (TPSA) is 107 Å². The van der Waals surface area contributed by atoms with Gasteiger partial charge in [0.05, 0.1) is 4.92 Å². The largest absolute Gasteiger partial charge is 0.399 e. The van der Waals surface area contributed by atoms with Gasteiger partial charge in [0.1, 0.15) is 0 Å². The quantitative estimate of drug-likeness (QED) is 0.522. The highest BCUT2D eigenvalue weighted by molar-refractivity contribution is 7.89. The Morgan fingerprint density at radius 1 is 1.33 bits per heavy atom. The highest BCUT2D eigenvalue weighted by atomic mass is 32.2. The van der Waals surface area contributed by atoms with Crippen LogP contribution >= 0.6 is 0 Å². The summed E-state index contributed by atoms with van der Waals surface area (Å²) in [4.78, 5) is 10.1. The van der Waals surface area contributed by atoms with Gasteiger partial charge in [-0.15, -0.1) is 0 Å². The first kappa shape index (κ1) is 15.7. The van der Waals surface area contributed by atoms with Gasteiger partial charge in [0.2, 0.25) is 10.0 Å². The summed E-state index contributed by atoms with van der Waals surface area (Å²) in [5.74, 6) is 0. The van der Waals surface area contributed by atoms with E-state index in [1.807, 2.05) is 6.92 Å². The van der Waals surface area contributed by atoms with E-state index in [1.54, 1.807) is 0 Å². The molecule has 1 heterocycles. The second-order valence-electron chi connectivity index (χ2n) is 5.30. The molecule has 2 rings (SSSR count). The lowest BCUT2D eigenvalue weighted by atomic mass is 10.1. The Labute approximate surface area is 123 Å². The SMILES string of the molecule is CC1CCCCCN1S(=O)(=O)c1ccc(N)cc1[N+](=O)[O-]. The fraction of sp³-hybridized carbons (Fsp3) is 0.538. The van der Waals surface area contributed by atoms with Crippen LogP contribution in [0.3, 0.4) is 0 Å². The maximum absolute atomic E-state index is 12.8. The first-order valence-corrected chi connectivity index (χ1v) is 8.34. The normalized spacial score (nSPS) is 20.9. The highest BCUT2D eigenvalue weighted by Gasteiger charge is 2.34. The van der Waals surface area contributed by atoms with Crippen molar-refractivity contribution in [2.45, 2.75) is 43.5 Å². The summed E-state index contributed by atoms with van der Waals surface area (Å²) in [6.45, 7) is 2.23. The van der Waals surface area contributed by atoms with Gasteiger partial charge in [0.25, 0.3) is 5.69 Å². The van der Waals surface area contributed by atoms with Crippen molar-refractivity contribution in [3.63, 3.8) is 0 Å². The summed E-state index contributed by atoms with van der Waals surface area (Å²) in [7, 11) is -3.89. The van der Waals surface area contributed by atoms with E-state index < -0.39 is 20.6 Å². The number of nitro groups is 1. The summed E-state index contributed by atoms with van der Waals surface area (Å²) in [5, 5.41) is 11.1. The Balaban J connectivity index is 2.50. The van der Waals surface area contributed by atoms with Crippen LogP contribution in [0.2, 0.25) is 0 Å². The number of sulfonamides is 1. The third kappa shape index (κ3) is 3.16. The number of nitrogen functional groups attached to an aromatic ring is 1. The molecule has 0 radical (unpaired) electrons. The van der Waals surface area contributed by atoms with Gasteiger partial charge < -0.3 is 5.73 Å². The van der Waals surface area contributed by atoms with E-state index in [-0.39, 0.29) is 16.6 Å². The Bertz CT molecular complexity index is 645. The maximum atomic E-state index is 12.8. The van der Waals surface area contributed by atoms with Gasteiger partial charge in [-0.05, 0) is 31.9 Å². The maximum Gasteiger partial charge on any atom is 0.291 e. The van der Waals surface area contributed by atoms with E-state index in [1.165, 1.54) is 16.4 Å². The molecular formula is C13H19N3O4S. The Hall–Kier alpha value is -1.67. The standard InChI is InChI=1S/C13H19N3O4S/c1-10-5-3-2-4-8-15(10)21(19,20)13-7-6-11(14)9-12(13)16(17)18/h6-7,9-10H,2-5,8,14H2,1H3. The van der Waals surface area contributed by atoms with Crippen molar-refractivity contribution in [1.29, 1.82) is 0 Å². The van der Waals surface area contributed by atoms with Crippen LogP contribution in [-0.2, 0) is 10.0 Å². The van der Waals surface area contributed by atoms with Crippen molar-refractivity contribution in [2.24, 2.45) is 0 Å². The van der Waals surface area contributed by atoms with Gasteiger partial charge in [-0.1, -0.05) is 12.8 Å². The summed E-state index contributed by atoms with van der Waals surface area (Å²) >= 11 is 0. The van der Waals surface area contributed by atoms with Crippen LogP contribution in [0.4, 0.5) is 11.4 Å². The molecule has 8 heteroatoms. The minimum absolute atomic E-state index is 0.158. The number of nitrogens with two attached hydrogens (primary N) is 1. The second-order valence-corrected chi connectivity index (χ2v) is 7.16. The van der Waals surface area contributed by atoms with Crippen LogP contribution in [0.15, 0.2) is 23.1 Å². The molecule has 0 saturated carbocycles. The number of nitrogens with zero attached hydrogens (tertiary/aromatic N) is 2. The monoisotopic (exact) mass is 313 g/mol. The van der Waals surface area contributed by atoms with Gasteiger partial charge in [-0.25, -0.2) is 8.42 Å². The number of anilines is 1. The molecule has 1 aliphatic rings. The average molecular weight is 313 g/mol. The Morgan fingerprint density at radius 2 is 2.05 bits per heavy atom. The van der Waals surface area contributed by atoms with Crippen LogP contribution in [0.1, 0.15) is 32.6 Å². The smallest absolute Gasteiger partial charge is 0.291 e. The molecule has 0 spiro atoms. The predicted octanol–water partition coefficient (Wildman–Crippen LogP) is 2.13. The number of hydrogen-bond donors (Lipinski definition) is 1. The van der Waals surface area contributed by atoms with Crippen LogP contribution in [0.5, 0.6) is 0 Å². The van der Waals surface area contributed by atoms with Gasteiger partial charge in [0, 0.05) is 24.3 Å². The molecule has 1 unspecified atom stereocenters. The fourth-order valence-corrected chi connectivity index (χ4v) is 4.47. The van der Waals surface area contributed by atoms with Crippen LogP contribution < -0.4 is 5.73 Å². The van der Waals surface area contributed by atoms with Crippen molar-refractivity contribution in [3.8, 4) is 0 Å². The van der Waals surface area contributed by atoms with Crippen molar-refractivity contribution < 1.29 is 13.3 Å². The Morgan fingerprint density at radius 3 is 2.71 bits per heavy atom. The van der Waals surface area contributed by atoms with Crippen molar-refractivity contribution in [1.82, 2.24) is 4.31 Å². The lowest BCUT2D eigenvalue weighted by molar-refractivity contribution is -0.387. The molecule has 21 heavy (non-hydrogen) atoms. The predicted molar refractivity (Wildman–Crippen MR) is 79.3 cm³/mol. The molecule has 7 nitrogen and oxygen atoms in total. The zero-order valence-electron chi connectivity index (χ0n) is 11.9. The molecule has 1 atom stereocenters. The van der Waals surface area contributed by atoms with Crippen LogP contribution in [0, 0.1) is 10.1 Å². The molecule has 1 saturated heterocycles.